The number of aromatic hydroxyl groups is 2. The SMILES string of the molecule is CC(C)c1nc2ncc(CC(C)c3nc4cncnc4cc3O)nc2cc1O. The van der Waals surface area contributed by atoms with Crippen LogP contribution in [0.25, 0.3) is 22.2 Å². The molecule has 28 heavy (non-hydrogen) atoms. The molecule has 4 aromatic rings. The van der Waals surface area contributed by atoms with Gasteiger partial charge >= 0.3 is 0 Å². The molecule has 142 valence electrons. The first-order chi connectivity index (χ1) is 13.4. The third kappa shape index (κ3) is 3.28. The fourth-order valence-corrected chi connectivity index (χ4v) is 3.21. The van der Waals surface area contributed by atoms with Crippen molar-refractivity contribution in [2.24, 2.45) is 0 Å². The molecule has 0 amide bonds. The smallest absolute Gasteiger partial charge is 0.178 e. The Balaban J connectivity index is 1.66. The quantitative estimate of drug-likeness (QED) is 0.557. The van der Waals surface area contributed by atoms with Crippen molar-refractivity contribution in [1.29, 1.82) is 0 Å². The van der Waals surface area contributed by atoms with Crippen LogP contribution in [-0.4, -0.2) is 40.1 Å². The monoisotopic (exact) mass is 376 g/mol. The number of hydrogen-bond acceptors (Lipinski definition) is 8. The standard InChI is InChI=1S/C20H20N6O2/c1-10(2)18-16(27)6-14-20(26-18)22-7-12(24-14)4-11(3)19-17(28)5-13-15(25-19)8-21-9-23-13/h5-11,27-28H,4H2,1-3H3. The second-order valence-electron chi connectivity index (χ2n) is 7.18. The van der Waals surface area contributed by atoms with Crippen LogP contribution in [0, 0.1) is 0 Å². The predicted octanol–water partition coefficient (Wildman–Crippen LogP) is 3.24. The molecule has 0 radical (unpaired) electrons. The van der Waals surface area contributed by atoms with Gasteiger partial charge in [-0.25, -0.2) is 29.9 Å². The van der Waals surface area contributed by atoms with Crippen LogP contribution in [0.5, 0.6) is 11.5 Å². The summed E-state index contributed by atoms with van der Waals surface area (Å²) in [5.41, 5.74) is 4.15. The van der Waals surface area contributed by atoms with Crippen molar-refractivity contribution in [1.82, 2.24) is 29.9 Å². The topological polar surface area (TPSA) is 118 Å². The maximum atomic E-state index is 10.3. The van der Waals surface area contributed by atoms with E-state index >= 15 is 0 Å². The summed E-state index contributed by atoms with van der Waals surface area (Å²) < 4.78 is 0. The minimum atomic E-state index is -0.104. The Morgan fingerprint density at radius 3 is 2.36 bits per heavy atom. The van der Waals surface area contributed by atoms with Crippen LogP contribution in [0.1, 0.15) is 49.7 Å². The molecular formula is C20H20N6O2. The zero-order valence-corrected chi connectivity index (χ0v) is 15.8. The van der Waals surface area contributed by atoms with E-state index < -0.39 is 0 Å². The van der Waals surface area contributed by atoms with Gasteiger partial charge in [0, 0.05) is 18.1 Å². The van der Waals surface area contributed by atoms with Crippen LogP contribution >= 0.6 is 0 Å². The highest BCUT2D eigenvalue weighted by molar-refractivity contribution is 5.75. The molecule has 0 bridgehead atoms. The van der Waals surface area contributed by atoms with E-state index in [1.807, 2.05) is 20.8 Å². The molecule has 0 aliphatic rings. The van der Waals surface area contributed by atoms with Gasteiger partial charge in [-0.2, -0.15) is 0 Å². The molecule has 4 rings (SSSR count). The van der Waals surface area contributed by atoms with E-state index in [2.05, 4.69) is 29.9 Å². The minimum Gasteiger partial charge on any atom is -0.506 e. The Hall–Kier alpha value is -3.42. The van der Waals surface area contributed by atoms with Crippen molar-refractivity contribution in [3.05, 3.63) is 47.9 Å². The van der Waals surface area contributed by atoms with E-state index in [1.165, 1.54) is 6.33 Å². The highest BCUT2D eigenvalue weighted by Crippen LogP contribution is 2.30. The van der Waals surface area contributed by atoms with Crippen LogP contribution in [0.4, 0.5) is 0 Å². The molecule has 8 nitrogen and oxygen atoms in total. The number of nitrogens with zero attached hydrogens (tertiary/aromatic N) is 6. The number of aromatic nitrogens is 6. The molecule has 1 unspecified atom stereocenters. The van der Waals surface area contributed by atoms with Gasteiger partial charge in [0.25, 0.3) is 0 Å². The highest BCUT2D eigenvalue weighted by Gasteiger charge is 2.17. The van der Waals surface area contributed by atoms with E-state index in [4.69, 9.17) is 0 Å². The Bertz CT molecular complexity index is 1180. The molecular weight excluding hydrogens is 356 g/mol. The Morgan fingerprint density at radius 2 is 1.57 bits per heavy atom. The van der Waals surface area contributed by atoms with Gasteiger partial charge in [-0.05, 0) is 12.3 Å². The summed E-state index contributed by atoms with van der Waals surface area (Å²) in [5.74, 6) is 0.203. The summed E-state index contributed by atoms with van der Waals surface area (Å²) in [4.78, 5) is 26.0. The maximum absolute atomic E-state index is 10.3. The third-order valence-electron chi connectivity index (χ3n) is 4.62. The van der Waals surface area contributed by atoms with Crippen molar-refractivity contribution >= 4 is 22.2 Å². The fourth-order valence-electron chi connectivity index (χ4n) is 3.21. The summed E-state index contributed by atoms with van der Waals surface area (Å²) >= 11 is 0. The second kappa shape index (κ2) is 6.95. The summed E-state index contributed by atoms with van der Waals surface area (Å²) in [7, 11) is 0. The van der Waals surface area contributed by atoms with Crippen LogP contribution in [0.15, 0.2) is 30.9 Å². The summed E-state index contributed by atoms with van der Waals surface area (Å²) in [6.07, 6.45) is 5.24. The molecule has 0 aromatic carbocycles. The first-order valence-electron chi connectivity index (χ1n) is 9.07. The van der Waals surface area contributed by atoms with Gasteiger partial charge in [0.1, 0.15) is 28.9 Å². The summed E-state index contributed by atoms with van der Waals surface area (Å²) in [5, 5.41) is 20.5. The molecule has 0 fully saturated rings. The lowest BCUT2D eigenvalue weighted by Crippen LogP contribution is -2.05. The third-order valence-corrected chi connectivity index (χ3v) is 4.62. The molecule has 8 heteroatoms. The van der Waals surface area contributed by atoms with Crippen LogP contribution < -0.4 is 0 Å². The number of pyridine rings is 2. The van der Waals surface area contributed by atoms with Gasteiger partial charge in [-0.1, -0.05) is 20.8 Å². The van der Waals surface area contributed by atoms with Gasteiger partial charge in [0.05, 0.1) is 35.0 Å². The molecule has 0 aliphatic heterocycles. The van der Waals surface area contributed by atoms with Crippen molar-refractivity contribution in [2.45, 2.75) is 39.0 Å². The Kier molecular flexibility index (Phi) is 4.46. The lowest BCUT2D eigenvalue weighted by atomic mass is 10.00. The van der Waals surface area contributed by atoms with E-state index in [-0.39, 0.29) is 23.3 Å². The Morgan fingerprint density at radius 1 is 0.821 bits per heavy atom. The lowest BCUT2D eigenvalue weighted by Gasteiger charge is -2.13. The molecule has 0 aliphatic carbocycles. The molecule has 4 heterocycles. The summed E-state index contributed by atoms with van der Waals surface area (Å²) in [6.45, 7) is 5.89. The van der Waals surface area contributed by atoms with Crippen molar-refractivity contribution in [3.8, 4) is 11.5 Å². The first-order valence-corrected chi connectivity index (χ1v) is 9.07. The van der Waals surface area contributed by atoms with Gasteiger partial charge in [0.15, 0.2) is 5.65 Å². The second-order valence-corrected chi connectivity index (χ2v) is 7.18. The van der Waals surface area contributed by atoms with E-state index in [0.29, 0.717) is 40.0 Å². The average Bonchev–Trinajstić information content (AvgIpc) is 2.66. The van der Waals surface area contributed by atoms with Crippen molar-refractivity contribution in [3.63, 3.8) is 0 Å². The molecule has 0 spiro atoms. The lowest BCUT2D eigenvalue weighted by molar-refractivity contribution is 0.458. The zero-order chi connectivity index (χ0) is 19.8. The number of rotatable bonds is 4. The van der Waals surface area contributed by atoms with Gasteiger partial charge in [-0.3, -0.25) is 0 Å². The number of fused-ring (bicyclic) bond motifs is 2. The molecule has 0 saturated heterocycles. The maximum Gasteiger partial charge on any atom is 0.178 e. The van der Waals surface area contributed by atoms with Crippen molar-refractivity contribution < 1.29 is 10.2 Å². The number of hydrogen-bond donors (Lipinski definition) is 2. The van der Waals surface area contributed by atoms with E-state index in [1.54, 1.807) is 24.5 Å². The molecule has 0 saturated carbocycles. The fraction of sp³-hybridized carbons (Fsp3) is 0.300. The average molecular weight is 376 g/mol. The Labute approximate surface area is 161 Å². The van der Waals surface area contributed by atoms with Crippen LogP contribution in [-0.2, 0) is 6.42 Å². The highest BCUT2D eigenvalue weighted by atomic mass is 16.3. The summed E-state index contributed by atoms with van der Waals surface area (Å²) in [6, 6.07) is 3.19. The van der Waals surface area contributed by atoms with Gasteiger partial charge < -0.3 is 10.2 Å². The van der Waals surface area contributed by atoms with E-state index in [0.717, 1.165) is 5.69 Å². The van der Waals surface area contributed by atoms with Gasteiger partial charge in [0.2, 0.25) is 0 Å². The molecule has 1 atom stereocenters. The first kappa shape index (κ1) is 18.0. The molecule has 4 aromatic heterocycles. The van der Waals surface area contributed by atoms with Crippen molar-refractivity contribution in [2.75, 3.05) is 0 Å². The normalized spacial score (nSPS) is 12.7. The minimum absolute atomic E-state index is 0.0911. The molecule has 2 N–H and O–H groups in total. The van der Waals surface area contributed by atoms with Crippen LogP contribution in [0.3, 0.4) is 0 Å². The van der Waals surface area contributed by atoms with E-state index in [9.17, 15) is 10.2 Å². The van der Waals surface area contributed by atoms with Crippen LogP contribution in [0.2, 0.25) is 0 Å². The largest absolute Gasteiger partial charge is 0.506 e. The predicted molar refractivity (Wildman–Crippen MR) is 104 cm³/mol. The van der Waals surface area contributed by atoms with Gasteiger partial charge in [-0.15, -0.1) is 0 Å². The zero-order valence-electron chi connectivity index (χ0n) is 15.8.